The largest absolute Gasteiger partial charge is 0.368 e. The molecular formula is C13H12ClN7O2S. The Kier molecular flexibility index (Phi) is 4.09. The lowest BCUT2D eigenvalue weighted by Crippen LogP contribution is -2.11. The van der Waals surface area contributed by atoms with Gasteiger partial charge in [0.1, 0.15) is 5.15 Å². The Balaban J connectivity index is 1.85. The van der Waals surface area contributed by atoms with E-state index in [1.165, 1.54) is 23.0 Å². The Labute approximate surface area is 142 Å². The number of anilines is 3. The molecule has 0 atom stereocenters. The van der Waals surface area contributed by atoms with Crippen LogP contribution in [-0.2, 0) is 10.0 Å². The number of aromatic nitrogens is 4. The van der Waals surface area contributed by atoms with E-state index in [0.29, 0.717) is 16.5 Å². The fourth-order valence-electron chi connectivity index (χ4n) is 1.95. The van der Waals surface area contributed by atoms with Gasteiger partial charge in [0, 0.05) is 18.0 Å². The van der Waals surface area contributed by atoms with E-state index < -0.39 is 10.0 Å². The van der Waals surface area contributed by atoms with E-state index in [2.05, 4.69) is 20.4 Å². The van der Waals surface area contributed by atoms with E-state index in [1.807, 2.05) is 0 Å². The van der Waals surface area contributed by atoms with E-state index in [1.54, 1.807) is 24.3 Å². The summed E-state index contributed by atoms with van der Waals surface area (Å²) in [5.41, 5.74) is 7.03. The van der Waals surface area contributed by atoms with Gasteiger partial charge in [0.2, 0.25) is 21.9 Å². The number of nitrogens with one attached hydrogen (secondary N) is 1. The van der Waals surface area contributed by atoms with E-state index >= 15 is 0 Å². The second-order valence-corrected chi connectivity index (χ2v) is 6.69. The number of benzene rings is 1. The fraction of sp³-hybridized carbons (Fsp3) is 0. The van der Waals surface area contributed by atoms with Crippen molar-refractivity contribution in [3.63, 3.8) is 0 Å². The van der Waals surface area contributed by atoms with Crippen molar-refractivity contribution in [1.29, 1.82) is 0 Å². The average Bonchev–Trinajstić information content (AvgIpc) is 2.87. The Morgan fingerprint density at radius 3 is 2.50 bits per heavy atom. The molecule has 11 heteroatoms. The summed E-state index contributed by atoms with van der Waals surface area (Å²) in [4.78, 5) is 7.99. The van der Waals surface area contributed by atoms with Gasteiger partial charge >= 0.3 is 0 Å². The predicted molar refractivity (Wildman–Crippen MR) is 89.7 cm³/mol. The molecule has 0 saturated heterocycles. The predicted octanol–water partition coefficient (Wildman–Crippen LogP) is 1.29. The molecule has 0 aliphatic heterocycles. The van der Waals surface area contributed by atoms with Crippen LogP contribution in [0.1, 0.15) is 0 Å². The maximum atomic E-state index is 11.2. The van der Waals surface area contributed by atoms with Gasteiger partial charge in [0.25, 0.3) is 0 Å². The summed E-state index contributed by atoms with van der Waals surface area (Å²) in [6, 6.07) is 9.11. The lowest BCUT2D eigenvalue weighted by molar-refractivity contribution is 0.598. The van der Waals surface area contributed by atoms with Crippen LogP contribution >= 0.6 is 11.6 Å². The van der Waals surface area contributed by atoms with Gasteiger partial charge in [-0.2, -0.15) is 9.67 Å². The molecule has 0 radical (unpaired) electrons. The van der Waals surface area contributed by atoms with Crippen LogP contribution in [0.2, 0.25) is 5.15 Å². The van der Waals surface area contributed by atoms with E-state index in [0.717, 1.165) is 0 Å². The van der Waals surface area contributed by atoms with Crippen molar-refractivity contribution < 1.29 is 8.42 Å². The molecule has 0 spiro atoms. The molecule has 0 unspecified atom stereocenters. The summed E-state index contributed by atoms with van der Waals surface area (Å²) in [6.45, 7) is 0. The molecule has 3 rings (SSSR count). The number of primary sulfonamides is 1. The summed E-state index contributed by atoms with van der Waals surface area (Å²) in [5.74, 6) is 0.393. The zero-order chi connectivity index (χ0) is 17.3. The number of halogens is 1. The lowest BCUT2D eigenvalue weighted by atomic mass is 10.3. The maximum Gasteiger partial charge on any atom is 0.248 e. The molecule has 1 aromatic carbocycles. The number of rotatable bonds is 4. The Bertz CT molecular complexity index is 986. The summed E-state index contributed by atoms with van der Waals surface area (Å²) >= 11 is 5.85. The van der Waals surface area contributed by atoms with Gasteiger partial charge in [-0.15, -0.1) is 5.10 Å². The van der Waals surface area contributed by atoms with Crippen LogP contribution in [0.15, 0.2) is 47.5 Å². The molecule has 0 fully saturated rings. The minimum Gasteiger partial charge on any atom is -0.368 e. The normalized spacial score (nSPS) is 11.4. The highest BCUT2D eigenvalue weighted by Crippen LogP contribution is 2.19. The van der Waals surface area contributed by atoms with Crippen molar-refractivity contribution in [2.45, 2.75) is 4.90 Å². The first-order chi connectivity index (χ1) is 11.3. The highest BCUT2D eigenvalue weighted by Gasteiger charge is 2.11. The summed E-state index contributed by atoms with van der Waals surface area (Å²) in [5, 5.41) is 12.5. The second kappa shape index (κ2) is 6.07. The number of nitrogen functional groups attached to an aromatic ring is 1. The smallest absolute Gasteiger partial charge is 0.248 e. The molecule has 9 nitrogen and oxygen atoms in total. The van der Waals surface area contributed by atoms with Crippen molar-refractivity contribution in [2.75, 3.05) is 11.1 Å². The number of pyridine rings is 1. The quantitative estimate of drug-likeness (QED) is 0.591. The van der Waals surface area contributed by atoms with Crippen molar-refractivity contribution in [2.24, 2.45) is 5.14 Å². The molecule has 2 aromatic heterocycles. The van der Waals surface area contributed by atoms with Crippen LogP contribution < -0.4 is 16.2 Å². The van der Waals surface area contributed by atoms with Crippen molar-refractivity contribution in [1.82, 2.24) is 19.7 Å². The summed E-state index contributed by atoms with van der Waals surface area (Å²) in [7, 11) is -3.74. The number of hydrogen-bond acceptors (Lipinski definition) is 7. The van der Waals surface area contributed by atoms with E-state index in [9.17, 15) is 8.42 Å². The molecule has 0 saturated carbocycles. The number of hydrogen-bond donors (Lipinski definition) is 3. The van der Waals surface area contributed by atoms with Crippen LogP contribution in [0.5, 0.6) is 0 Å². The minimum atomic E-state index is -3.74. The third-order valence-corrected chi connectivity index (χ3v) is 4.16. The number of nitrogens with zero attached hydrogens (tertiary/aromatic N) is 4. The fourth-order valence-corrected chi connectivity index (χ4v) is 2.63. The van der Waals surface area contributed by atoms with Gasteiger partial charge < -0.3 is 11.1 Å². The average molecular weight is 366 g/mol. The first kappa shape index (κ1) is 16.2. The highest BCUT2D eigenvalue weighted by molar-refractivity contribution is 7.89. The van der Waals surface area contributed by atoms with Crippen LogP contribution in [0.3, 0.4) is 0 Å². The molecule has 0 amide bonds. The number of nitrogens with two attached hydrogens (primary N) is 2. The maximum absolute atomic E-state index is 11.2. The molecule has 2 heterocycles. The third-order valence-electron chi connectivity index (χ3n) is 3.03. The molecule has 124 valence electrons. The van der Waals surface area contributed by atoms with Crippen LogP contribution in [0, 0.1) is 0 Å². The molecule has 24 heavy (non-hydrogen) atoms. The monoisotopic (exact) mass is 365 g/mol. The second-order valence-electron chi connectivity index (χ2n) is 4.74. The first-order valence-electron chi connectivity index (χ1n) is 6.57. The highest BCUT2D eigenvalue weighted by atomic mass is 35.5. The number of sulfonamides is 1. The van der Waals surface area contributed by atoms with Crippen molar-refractivity contribution in [3.05, 3.63) is 47.7 Å². The topological polar surface area (TPSA) is 142 Å². The zero-order valence-corrected chi connectivity index (χ0v) is 13.7. The molecule has 3 aromatic rings. The van der Waals surface area contributed by atoms with Gasteiger partial charge in [0.15, 0.2) is 0 Å². The molecular weight excluding hydrogens is 354 g/mol. The van der Waals surface area contributed by atoms with Gasteiger partial charge in [-0.3, -0.25) is 0 Å². The van der Waals surface area contributed by atoms with Gasteiger partial charge in [-0.1, -0.05) is 11.6 Å². The van der Waals surface area contributed by atoms with Gasteiger partial charge in [-0.25, -0.2) is 18.5 Å². The van der Waals surface area contributed by atoms with Crippen LogP contribution in [0.4, 0.5) is 17.6 Å². The van der Waals surface area contributed by atoms with Crippen LogP contribution in [-0.4, -0.2) is 28.2 Å². The Hall–Kier alpha value is -2.69. The van der Waals surface area contributed by atoms with Crippen molar-refractivity contribution >= 4 is 39.2 Å². The molecule has 0 bridgehead atoms. The molecule has 0 aliphatic rings. The first-order valence-corrected chi connectivity index (χ1v) is 8.50. The molecule has 5 N–H and O–H groups in total. The lowest BCUT2D eigenvalue weighted by Gasteiger charge is -2.03. The van der Waals surface area contributed by atoms with Crippen molar-refractivity contribution in [3.8, 4) is 5.69 Å². The van der Waals surface area contributed by atoms with Crippen LogP contribution in [0.25, 0.3) is 5.69 Å². The van der Waals surface area contributed by atoms with Gasteiger partial charge in [0.05, 0.1) is 10.6 Å². The van der Waals surface area contributed by atoms with E-state index in [4.69, 9.17) is 22.5 Å². The Morgan fingerprint density at radius 2 is 1.88 bits per heavy atom. The molecule has 0 aliphatic carbocycles. The van der Waals surface area contributed by atoms with E-state index in [-0.39, 0.29) is 16.8 Å². The minimum absolute atomic E-state index is 0.0116. The summed E-state index contributed by atoms with van der Waals surface area (Å²) in [6.07, 6.45) is 1.53. The zero-order valence-electron chi connectivity index (χ0n) is 12.1. The Morgan fingerprint density at radius 1 is 1.17 bits per heavy atom. The summed E-state index contributed by atoms with van der Waals surface area (Å²) < 4.78 is 23.9. The third kappa shape index (κ3) is 3.45. The standard InChI is InChI=1S/C13H12ClN7O2S/c14-11-7-9(5-6-17-11)21-12(15)19-13(20-21)18-8-1-3-10(4-2-8)24(16,22)23/h1-7H,(H2,16,22,23)(H3,15,18,19,20). The van der Waals surface area contributed by atoms with Gasteiger partial charge in [-0.05, 0) is 30.3 Å². The SMILES string of the molecule is Nc1nc(Nc2ccc(S(N)(=O)=O)cc2)nn1-c1ccnc(Cl)c1.